The summed E-state index contributed by atoms with van der Waals surface area (Å²) in [5.41, 5.74) is 2.55. The zero-order chi connectivity index (χ0) is 22.7. The van der Waals surface area contributed by atoms with Crippen molar-refractivity contribution in [1.29, 1.82) is 0 Å². The molecule has 0 fully saturated rings. The molecule has 2 rings (SSSR count). The highest BCUT2D eigenvalue weighted by atomic mass is 32.2. The standard InChI is InChI=1S/C20H22N2O5S.C2H6/c1-20(2,3)27-19(24)15-8-10-16(11-9-15)22-28(26)17-6-4-5-14(13-17)7-12-18(23)21-25;1-2/h4-13,22,25H,1-3H3,(H,21,23);1-2H3/b12-7+;. The lowest BCUT2D eigenvalue weighted by atomic mass is 10.1. The van der Waals surface area contributed by atoms with E-state index in [4.69, 9.17) is 9.94 Å². The molecule has 3 N–H and O–H groups in total. The Morgan fingerprint density at radius 1 is 1.07 bits per heavy atom. The molecule has 0 aromatic heterocycles. The molecule has 0 saturated heterocycles. The van der Waals surface area contributed by atoms with Gasteiger partial charge in [-0.15, -0.1) is 0 Å². The lowest BCUT2D eigenvalue weighted by molar-refractivity contribution is -0.124. The first-order chi connectivity index (χ1) is 14.2. The topological polar surface area (TPSA) is 105 Å². The largest absolute Gasteiger partial charge is 0.456 e. The Bertz CT molecular complexity index is 902. The lowest BCUT2D eigenvalue weighted by Gasteiger charge is -2.19. The number of hydroxylamine groups is 1. The SMILES string of the molecule is CC.CC(C)(C)OC(=O)c1ccc(NS(=O)c2cccc(/C=C/C(=O)NO)c2)cc1. The van der Waals surface area contributed by atoms with Crippen LogP contribution in [0.2, 0.25) is 0 Å². The van der Waals surface area contributed by atoms with Gasteiger partial charge in [-0.25, -0.2) is 14.5 Å². The summed E-state index contributed by atoms with van der Waals surface area (Å²) in [4.78, 5) is 23.6. The maximum absolute atomic E-state index is 12.5. The molecule has 2 aromatic rings. The van der Waals surface area contributed by atoms with Crippen molar-refractivity contribution in [2.24, 2.45) is 0 Å². The number of hydrogen-bond donors (Lipinski definition) is 3. The molecule has 30 heavy (non-hydrogen) atoms. The Hall–Kier alpha value is -2.97. The molecule has 0 heterocycles. The van der Waals surface area contributed by atoms with Crippen LogP contribution in [0.25, 0.3) is 6.08 Å². The second-order valence-electron chi connectivity index (χ2n) is 6.83. The van der Waals surface area contributed by atoms with E-state index in [-0.39, 0.29) is 0 Å². The average Bonchev–Trinajstić information content (AvgIpc) is 2.73. The van der Waals surface area contributed by atoms with Crippen LogP contribution in [0.1, 0.15) is 50.5 Å². The van der Waals surface area contributed by atoms with Crippen molar-refractivity contribution in [1.82, 2.24) is 5.48 Å². The first-order valence-corrected chi connectivity index (χ1v) is 10.6. The highest BCUT2D eigenvalue weighted by Crippen LogP contribution is 2.17. The van der Waals surface area contributed by atoms with Gasteiger partial charge < -0.3 is 9.46 Å². The number of benzene rings is 2. The zero-order valence-corrected chi connectivity index (χ0v) is 18.6. The molecule has 0 spiro atoms. The highest BCUT2D eigenvalue weighted by molar-refractivity contribution is 7.86. The van der Waals surface area contributed by atoms with E-state index in [1.807, 2.05) is 13.8 Å². The van der Waals surface area contributed by atoms with Gasteiger partial charge in [0.1, 0.15) is 16.6 Å². The zero-order valence-electron chi connectivity index (χ0n) is 17.8. The fourth-order valence-electron chi connectivity index (χ4n) is 2.12. The lowest BCUT2D eigenvalue weighted by Crippen LogP contribution is -2.23. The van der Waals surface area contributed by atoms with Gasteiger partial charge in [-0.2, -0.15) is 0 Å². The summed E-state index contributed by atoms with van der Waals surface area (Å²) in [5, 5.41) is 8.49. The van der Waals surface area contributed by atoms with E-state index in [9.17, 15) is 13.8 Å². The molecular formula is C22H28N2O5S. The van der Waals surface area contributed by atoms with Crippen LogP contribution in [0, 0.1) is 0 Å². The predicted molar refractivity (Wildman–Crippen MR) is 118 cm³/mol. The Balaban J connectivity index is 0.00000218. The monoisotopic (exact) mass is 432 g/mol. The first kappa shape index (κ1) is 25.1. The second kappa shape index (κ2) is 11.9. The van der Waals surface area contributed by atoms with Gasteiger partial charge >= 0.3 is 5.97 Å². The molecule has 0 saturated carbocycles. The number of ether oxygens (including phenoxy) is 1. The minimum atomic E-state index is -1.54. The summed E-state index contributed by atoms with van der Waals surface area (Å²) in [6.07, 6.45) is 2.65. The molecule has 0 aliphatic heterocycles. The quantitative estimate of drug-likeness (QED) is 0.273. The number of carbonyl (C=O) groups excluding carboxylic acids is 2. The van der Waals surface area contributed by atoms with Gasteiger partial charge in [-0.3, -0.25) is 10.0 Å². The summed E-state index contributed by atoms with van der Waals surface area (Å²) in [6, 6.07) is 13.3. The van der Waals surface area contributed by atoms with Crippen molar-refractivity contribution in [2.45, 2.75) is 45.1 Å². The number of rotatable bonds is 6. The predicted octanol–water partition coefficient (Wildman–Crippen LogP) is 4.32. The molecule has 0 aliphatic rings. The molecule has 7 nitrogen and oxygen atoms in total. The van der Waals surface area contributed by atoms with Crippen LogP contribution in [0.4, 0.5) is 5.69 Å². The Morgan fingerprint density at radius 2 is 1.70 bits per heavy atom. The molecule has 2 aromatic carbocycles. The van der Waals surface area contributed by atoms with Crippen molar-refractivity contribution in [2.75, 3.05) is 4.72 Å². The molecule has 0 radical (unpaired) electrons. The van der Waals surface area contributed by atoms with Crippen LogP contribution in [-0.2, 0) is 20.5 Å². The average molecular weight is 433 g/mol. The van der Waals surface area contributed by atoms with Gasteiger partial charge in [-0.05, 0) is 68.8 Å². The molecule has 0 aliphatic carbocycles. The van der Waals surface area contributed by atoms with Crippen LogP contribution in [-0.4, -0.2) is 26.9 Å². The van der Waals surface area contributed by atoms with Crippen LogP contribution in [0.5, 0.6) is 0 Å². The summed E-state index contributed by atoms with van der Waals surface area (Å²) < 4.78 is 20.7. The van der Waals surface area contributed by atoms with Crippen molar-refractivity contribution >= 4 is 34.6 Å². The minimum absolute atomic E-state index is 0.403. The van der Waals surface area contributed by atoms with Crippen LogP contribution in [0.3, 0.4) is 0 Å². The van der Waals surface area contributed by atoms with Crippen LogP contribution >= 0.6 is 0 Å². The molecule has 162 valence electrons. The summed E-state index contributed by atoms with van der Waals surface area (Å²) in [7, 11) is -1.54. The molecule has 8 heteroatoms. The van der Waals surface area contributed by atoms with Crippen molar-refractivity contribution < 1.29 is 23.7 Å². The summed E-state index contributed by atoms with van der Waals surface area (Å²) in [6.45, 7) is 9.39. The number of amides is 1. The third-order valence-electron chi connectivity index (χ3n) is 3.34. The van der Waals surface area contributed by atoms with E-state index in [0.29, 0.717) is 21.7 Å². The molecule has 1 unspecified atom stereocenters. The van der Waals surface area contributed by atoms with Crippen molar-refractivity contribution in [3.05, 3.63) is 65.7 Å². The number of carbonyl (C=O) groups is 2. The number of nitrogens with one attached hydrogen (secondary N) is 2. The van der Waals surface area contributed by atoms with Gasteiger partial charge in [0.15, 0.2) is 0 Å². The third kappa shape index (κ3) is 8.59. The van der Waals surface area contributed by atoms with Gasteiger partial charge in [0.05, 0.1) is 10.5 Å². The maximum Gasteiger partial charge on any atom is 0.338 e. The Labute approximate surface area is 179 Å². The van der Waals surface area contributed by atoms with E-state index in [1.165, 1.54) is 11.6 Å². The maximum atomic E-state index is 12.5. The van der Waals surface area contributed by atoms with E-state index in [1.54, 1.807) is 69.3 Å². The fourth-order valence-corrected chi connectivity index (χ4v) is 3.03. The Kier molecular flexibility index (Phi) is 9.94. The van der Waals surface area contributed by atoms with Crippen LogP contribution in [0.15, 0.2) is 59.5 Å². The van der Waals surface area contributed by atoms with E-state index >= 15 is 0 Å². The Morgan fingerprint density at radius 3 is 2.27 bits per heavy atom. The smallest absolute Gasteiger partial charge is 0.338 e. The number of anilines is 1. The molecular weight excluding hydrogens is 404 g/mol. The molecule has 1 atom stereocenters. The van der Waals surface area contributed by atoms with Crippen molar-refractivity contribution in [3.63, 3.8) is 0 Å². The fraction of sp³-hybridized carbons (Fsp3) is 0.273. The second-order valence-corrected chi connectivity index (χ2v) is 8.04. The summed E-state index contributed by atoms with van der Waals surface area (Å²) in [5.74, 6) is -1.08. The van der Waals surface area contributed by atoms with Gasteiger partial charge in [0, 0.05) is 11.8 Å². The molecule has 0 bridgehead atoms. The van der Waals surface area contributed by atoms with Gasteiger partial charge in [0.2, 0.25) is 0 Å². The first-order valence-electron chi connectivity index (χ1n) is 9.42. The number of hydrogen-bond acceptors (Lipinski definition) is 5. The van der Waals surface area contributed by atoms with Gasteiger partial charge in [0.25, 0.3) is 5.91 Å². The van der Waals surface area contributed by atoms with Gasteiger partial charge in [-0.1, -0.05) is 26.0 Å². The van der Waals surface area contributed by atoms with Crippen LogP contribution < -0.4 is 10.2 Å². The van der Waals surface area contributed by atoms with E-state index in [0.717, 1.165) is 6.08 Å². The minimum Gasteiger partial charge on any atom is -0.456 e. The van der Waals surface area contributed by atoms with E-state index < -0.39 is 28.5 Å². The normalized spacial score (nSPS) is 11.8. The number of esters is 1. The highest BCUT2D eigenvalue weighted by Gasteiger charge is 2.17. The molecule has 1 amide bonds. The van der Waals surface area contributed by atoms with Crippen molar-refractivity contribution in [3.8, 4) is 0 Å². The van der Waals surface area contributed by atoms with E-state index in [2.05, 4.69) is 4.72 Å². The summed E-state index contributed by atoms with van der Waals surface area (Å²) >= 11 is 0. The third-order valence-corrected chi connectivity index (χ3v) is 4.44.